The molecule has 0 fully saturated rings. The summed E-state index contributed by atoms with van der Waals surface area (Å²) in [7, 11) is 0. The van der Waals surface area contributed by atoms with Crippen LogP contribution in [-0.2, 0) is 0 Å². The van der Waals surface area contributed by atoms with Gasteiger partial charge in [0, 0.05) is 5.56 Å². The molecule has 7 heteroatoms. The van der Waals surface area contributed by atoms with E-state index in [0.717, 1.165) is 14.2 Å². The van der Waals surface area contributed by atoms with Crippen LogP contribution in [0.25, 0.3) is 10.8 Å². The maximum absolute atomic E-state index is 12.0. The van der Waals surface area contributed by atoms with E-state index < -0.39 is 0 Å². The van der Waals surface area contributed by atoms with Gasteiger partial charge in [0.25, 0.3) is 11.8 Å². The zero-order chi connectivity index (χ0) is 14.8. The van der Waals surface area contributed by atoms with Gasteiger partial charge >= 0.3 is 6.01 Å². The third kappa shape index (κ3) is 3.20. The van der Waals surface area contributed by atoms with Crippen molar-refractivity contribution in [2.75, 3.05) is 5.32 Å². The molecule has 106 valence electrons. The topological polar surface area (TPSA) is 68.0 Å². The standard InChI is InChI=1S/C14H10BrN3O2S/c1-8-2-4-9(5-3-8)12(19)16-14-18-17-13(20-14)10-6-7-11(15)21-10/h2-7H,1H3,(H,16,18,19). The number of carbonyl (C=O) groups is 1. The first-order chi connectivity index (χ1) is 10.1. The Hall–Kier alpha value is -1.99. The highest BCUT2D eigenvalue weighted by molar-refractivity contribution is 9.11. The zero-order valence-electron chi connectivity index (χ0n) is 11.0. The molecule has 21 heavy (non-hydrogen) atoms. The SMILES string of the molecule is Cc1ccc(C(=O)Nc2nnc(-c3ccc(Br)s3)o2)cc1. The maximum atomic E-state index is 12.0. The lowest BCUT2D eigenvalue weighted by atomic mass is 10.1. The molecule has 1 amide bonds. The van der Waals surface area contributed by atoms with E-state index in [-0.39, 0.29) is 11.9 Å². The fourth-order valence-electron chi connectivity index (χ4n) is 1.68. The number of nitrogens with zero attached hydrogens (tertiary/aromatic N) is 2. The van der Waals surface area contributed by atoms with Crippen molar-refractivity contribution in [3.8, 4) is 10.8 Å². The molecule has 3 aromatic rings. The third-order valence-electron chi connectivity index (χ3n) is 2.74. The Bertz CT molecular complexity index is 780. The largest absolute Gasteiger partial charge is 0.402 e. The summed E-state index contributed by atoms with van der Waals surface area (Å²) in [6.07, 6.45) is 0. The molecule has 1 aromatic carbocycles. The van der Waals surface area contributed by atoms with Gasteiger partial charge in [0.05, 0.1) is 8.66 Å². The van der Waals surface area contributed by atoms with Gasteiger partial charge in [-0.25, -0.2) is 0 Å². The van der Waals surface area contributed by atoms with Gasteiger partial charge < -0.3 is 4.42 Å². The van der Waals surface area contributed by atoms with Crippen LogP contribution in [0.1, 0.15) is 15.9 Å². The predicted octanol–water partition coefficient (Wildman–Crippen LogP) is 4.12. The van der Waals surface area contributed by atoms with Gasteiger partial charge in [-0.3, -0.25) is 10.1 Å². The average molecular weight is 364 g/mol. The molecule has 0 unspecified atom stereocenters. The number of halogens is 1. The summed E-state index contributed by atoms with van der Waals surface area (Å²) >= 11 is 4.85. The molecule has 0 aliphatic carbocycles. The van der Waals surface area contributed by atoms with Gasteiger partial charge in [0.2, 0.25) is 0 Å². The Balaban J connectivity index is 1.75. The Morgan fingerprint density at radius 2 is 1.95 bits per heavy atom. The van der Waals surface area contributed by atoms with Crippen molar-refractivity contribution in [1.29, 1.82) is 0 Å². The van der Waals surface area contributed by atoms with Crippen molar-refractivity contribution in [1.82, 2.24) is 10.2 Å². The summed E-state index contributed by atoms with van der Waals surface area (Å²) < 4.78 is 6.41. The van der Waals surface area contributed by atoms with Crippen LogP contribution >= 0.6 is 27.3 Å². The van der Waals surface area contributed by atoms with E-state index in [0.29, 0.717) is 11.5 Å². The molecule has 0 aliphatic heterocycles. The smallest absolute Gasteiger partial charge is 0.322 e. The Morgan fingerprint density at radius 1 is 1.19 bits per heavy atom. The van der Waals surface area contributed by atoms with E-state index in [2.05, 4.69) is 31.4 Å². The van der Waals surface area contributed by atoms with E-state index in [1.165, 1.54) is 11.3 Å². The minimum atomic E-state index is -0.280. The molecule has 1 N–H and O–H groups in total. The minimum Gasteiger partial charge on any atom is -0.402 e. The molecule has 0 radical (unpaired) electrons. The first-order valence-electron chi connectivity index (χ1n) is 6.09. The second kappa shape index (κ2) is 5.79. The van der Waals surface area contributed by atoms with E-state index in [4.69, 9.17) is 4.42 Å². The van der Waals surface area contributed by atoms with Crippen molar-refractivity contribution >= 4 is 39.2 Å². The monoisotopic (exact) mass is 363 g/mol. The van der Waals surface area contributed by atoms with E-state index in [1.807, 2.05) is 31.2 Å². The van der Waals surface area contributed by atoms with Crippen molar-refractivity contribution < 1.29 is 9.21 Å². The molecule has 0 bridgehead atoms. The number of thiophene rings is 1. The molecular formula is C14H10BrN3O2S. The highest BCUT2D eigenvalue weighted by Crippen LogP contribution is 2.30. The van der Waals surface area contributed by atoms with E-state index in [1.54, 1.807) is 12.1 Å². The minimum absolute atomic E-state index is 0.0834. The average Bonchev–Trinajstić information content (AvgIpc) is 3.08. The fraction of sp³-hybridized carbons (Fsp3) is 0.0714. The summed E-state index contributed by atoms with van der Waals surface area (Å²) in [6, 6.07) is 11.1. The summed E-state index contributed by atoms with van der Waals surface area (Å²) in [5.74, 6) is 0.0995. The van der Waals surface area contributed by atoms with Crippen molar-refractivity contribution in [2.45, 2.75) is 6.92 Å². The molecule has 0 saturated carbocycles. The molecule has 5 nitrogen and oxygen atoms in total. The number of aromatic nitrogens is 2. The second-order valence-electron chi connectivity index (χ2n) is 4.34. The summed E-state index contributed by atoms with van der Waals surface area (Å²) in [4.78, 5) is 12.9. The van der Waals surface area contributed by atoms with Crippen LogP contribution in [0, 0.1) is 6.92 Å². The number of anilines is 1. The van der Waals surface area contributed by atoms with Crippen molar-refractivity contribution in [2.24, 2.45) is 0 Å². The molecule has 0 atom stereocenters. The number of nitrogens with one attached hydrogen (secondary N) is 1. The molecule has 0 saturated heterocycles. The Kier molecular flexibility index (Phi) is 3.85. The van der Waals surface area contributed by atoms with Gasteiger partial charge in [-0.1, -0.05) is 22.8 Å². The first-order valence-corrected chi connectivity index (χ1v) is 7.70. The lowest BCUT2D eigenvalue weighted by Gasteiger charge is -2.00. The van der Waals surface area contributed by atoms with Gasteiger partial charge in [-0.05, 0) is 47.1 Å². The quantitative estimate of drug-likeness (QED) is 0.759. The number of hydrogen-bond donors (Lipinski definition) is 1. The van der Waals surface area contributed by atoms with Crippen molar-refractivity contribution in [3.63, 3.8) is 0 Å². The molecule has 0 spiro atoms. The van der Waals surface area contributed by atoms with Crippen LogP contribution < -0.4 is 5.32 Å². The second-order valence-corrected chi connectivity index (χ2v) is 6.80. The van der Waals surface area contributed by atoms with Crippen LogP contribution in [0.15, 0.2) is 44.6 Å². The van der Waals surface area contributed by atoms with Crippen molar-refractivity contribution in [3.05, 3.63) is 51.3 Å². The van der Waals surface area contributed by atoms with E-state index >= 15 is 0 Å². The lowest BCUT2D eigenvalue weighted by Crippen LogP contribution is -2.11. The first kappa shape index (κ1) is 14.0. The Labute approximate surface area is 133 Å². The molecular weight excluding hydrogens is 354 g/mol. The number of carbonyl (C=O) groups excluding carboxylic acids is 1. The third-order valence-corrected chi connectivity index (χ3v) is 4.35. The maximum Gasteiger partial charge on any atom is 0.322 e. The Morgan fingerprint density at radius 3 is 2.62 bits per heavy atom. The highest BCUT2D eigenvalue weighted by Gasteiger charge is 2.13. The predicted molar refractivity (Wildman–Crippen MR) is 84.4 cm³/mol. The molecule has 2 heterocycles. The summed E-state index contributed by atoms with van der Waals surface area (Å²) in [5.41, 5.74) is 1.63. The zero-order valence-corrected chi connectivity index (χ0v) is 13.4. The molecule has 0 aliphatic rings. The number of aryl methyl sites for hydroxylation is 1. The molecule has 3 rings (SSSR count). The van der Waals surface area contributed by atoms with E-state index in [9.17, 15) is 4.79 Å². The normalized spacial score (nSPS) is 10.6. The van der Waals surface area contributed by atoms with Crippen LogP contribution in [0.4, 0.5) is 6.01 Å². The van der Waals surface area contributed by atoms with Gasteiger partial charge in [0.1, 0.15) is 0 Å². The van der Waals surface area contributed by atoms with Gasteiger partial charge in [-0.15, -0.1) is 16.4 Å². The summed E-state index contributed by atoms with van der Waals surface area (Å²) in [6.45, 7) is 1.96. The lowest BCUT2D eigenvalue weighted by molar-refractivity contribution is 0.102. The van der Waals surface area contributed by atoms with Crippen LogP contribution in [0.5, 0.6) is 0 Å². The number of benzene rings is 1. The van der Waals surface area contributed by atoms with Crippen LogP contribution in [-0.4, -0.2) is 16.1 Å². The van der Waals surface area contributed by atoms with Gasteiger partial charge in [0.15, 0.2) is 0 Å². The summed E-state index contributed by atoms with van der Waals surface area (Å²) in [5, 5.41) is 10.3. The number of rotatable bonds is 3. The highest BCUT2D eigenvalue weighted by atomic mass is 79.9. The van der Waals surface area contributed by atoms with Crippen LogP contribution in [0.3, 0.4) is 0 Å². The molecule has 2 aromatic heterocycles. The number of amides is 1. The van der Waals surface area contributed by atoms with Crippen LogP contribution in [0.2, 0.25) is 0 Å². The number of hydrogen-bond acceptors (Lipinski definition) is 5. The van der Waals surface area contributed by atoms with Gasteiger partial charge in [-0.2, -0.15) is 0 Å². The fourth-order valence-corrected chi connectivity index (χ4v) is 2.98.